The van der Waals surface area contributed by atoms with Gasteiger partial charge in [-0.2, -0.15) is 0 Å². The van der Waals surface area contributed by atoms with Crippen molar-refractivity contribution in [3.8, 4) is 0 Å². The van der Waals surface area contributed by atoms with Gasteiger partial charge in [0.2, 0.25) is 0 Å². The zero-order valence-electron chi connectivity index (χ0n) is 12.8. The molecule has 0 heteroatoms. The third-order valence-corrected chi connectivity index (χ3v) is 7.99. The molecule has 0 aromatic heterocycles. The summed E-state index contributed by atoms with van der Waals surface area (Å²) in [5.74, 6) is 4.21. The summed E-state index contributed by atoms with van der Waals surface area (Å²) in [4.78, 5) is 0. The van der Waals surface area contributed by atoms with Crippen LogP contribution < -0.4 is 0 Å². The van der Waals surface area contributed by atoms with E-state index in [1.165, 1.54) is 38.5 Å². The van der Waals surface area contributed by atoms with E-state index in [0.717, 1.165) is 29.1 Å². The Balaban J connectivity index is 1.67. The predicted octanol–water partition coefficient (Wildman–Crippen LogP) is 5.59. The van der Waals surface area contributed by atoms with Gasteiger partial charge in [-0.05, 0) is 85.9 Å². The molecular formula is C19H30. The summed E-state index contributed by atoms with van der Waals surface area (Å²) in [6.07, 6.45) is 18.5. The standard InChI is InChI=1S/C19H30/c1-18-11-5-7-16(18)15-9-8-14-6-3-4-12-19(14,2)17(15)10-13-18/h3-4,14-17H,5-13H2,1-2H3/t14?,15-,16-,17-,18+,19-/m0/s1. The van der Waals surface area contributed by atoms with Crippen molar-refractivity contribution in [2.24, 2.45) is 34.5 Å². The number of fused-ring (bicyclic) bond motifs is 5. The predicted molar refractivity (Wildman–Crippen MR) is 80.9 cm³/mol. The van der Waals surface area contributed by atoms with Gasteiger partial charge in [0, 0.05) is 0 Å². The van der Waals surface area contributed by atoms with Crippen molar-refractivity contribution < 1.29 is 0 Å². The van der Waals surface area contributed by atoms with Crippen molar-refractivity contribution in [1.29, 1.82) is 0 Å². The zero-order valence-corrected chi connectivity index (χ0v) is 12.8. The average Bonchev–Trinajstić information content (AvgIpc) is 2.79. The van der Waals surface area contributed by atoms with E-state index < -0.39 is 0 Å². The zero-order chi connectivity index (χ0) is 13.1. The molecule has 0 aromatic carbocycles. The SMILES string of the molecule is C[C@]12CCC[C@H]1[C@@H]1CCC3CC=CC[C@]3(C)[C@H]1CC2. The second-order valence-corrected chi connectivity index (χ2v) is 8.65. The minimum Gasteiger partial charge on any atom is -0.0882 e. The van der Waals surface area contributed by atoms with Crippen molar-refractivity contribution in [2.75, 3.05) is 0 Å². The highest BCUT2D eigenvalue weighted by Gasteiger charge is 2.56. The van der Waals surface area contributed by atoms with Crippen LogP contribution in [0.2, 0.25) is 0 Å². The van der Waals surface area contributed by atoms with Crippen LogP contribution in [0.5, 0.6) is 0 Å². The van der Waals surface area contributed by atoms with Crippen LogP contribution in [0.4, 0.5) is 0 Å². The number of allylic oxidation sites excluding steroid dienone is 2. The molecule has 0 amide bonds. The van der Waals surface area contributed by atoms with Gasteiger partial charge in [-0.1, -0.05) is 32.4 Å². The molecule has 0 aromatic rings. The van der Waals surface area contributed by atoms with Crippen LogP contribution >= 0.6 is 0 Å². The van der Waals surface area contributed by atoms with Crippen LogP contribution in [0, 0.1) is 34.5 Å². The summed E-state index contributed by atoms with van der Waals surface area (Å²) >= 11 is 0. The average molecular weight is 258 g/mol. The minimum absolute atomic E-state index is 0.654. The lowest BCUT2D eigenvalue weighted by Crippen LogP contribution is -2.51. The fourth-order valence-electron chi connectivity index (χ4n) is 6.83. The summed E-state index contributed by atoms with van der Waals surface area (Å²) in [5.41, 5.74) is 1.39. The first-order valence-electron chi connectivity index (χ1n) is 8.78. The fraction of sp³-hybridized carbons (Fsp3) is 0.895. The lowest BCUT2D eigenvalue weighted by molar-refractivity contribution is -0.0870. The maximum atomic E-state index is 2.65. The summed E-state index contributed by atoms with van der Waals surface area (Å²) in [7, 11) is 0. The van der Waals surface area contributed by atoms with E-state index in [1.807, 2.05) is 0 Å². The molecule has 106 valence electrons. The Bertz CT molecular complexity index is 395. The molecule has 0 heterocycles. The van der Waals surface area contributed by atoms with Crippen molar-refractivity contribution in [3.63, 3.8) is 0 Å². The van der Waals surface area contributed by atoms with Crippen LogP contribution in [0.15, 0.2) is 12.2 Å². The molecular weight excluding hydrogens is 228 g/mol. The normalized spacial score (nSPS) is 56.3. The summed E-state index contributed by atoms with van der Waals surface area (Å²) < 4.78 is 0. The number of hydrogen-bond acceptors (Lipinski definition) is 0. The lowest BCUT2D eigenvalue weighted by atomic mass is 9.46. The molecule has 0 spiro atoms. The van der Waals surface area contributed by atoms with Crippen molar-refractivity contribution in [2.45, 2.75) is 71.6 Å². The van der Waals surface area contributed by atoms with E-state index in [9.17, 15) is 0 Å². The minimum atomic E-state index is 0.654. The highest BCUT2D eigenvalue weighted by molar-refractivity contribution is 5.10. The highest BCUT2D eigenvalue weighted by atomic mass is 14.6. The summed E-state index contributed by atoms with van der Waals surface area (Å²) in [5, 5.41) is 0. The second kappa shape index (κ2) is 4.12. The van der Waals surface area contributed by atoms with E-state index in [-0.39, 0.29) is 0 Å². The maximum Gasteiger partial charge on any atom is -0.0229 e. The molecule has 4 aliphatic carbocycles. The van der Waals surface area contributed by atoms with Gasteiger partial charge in [-0.25, -0.2) is 0 Å². The molecule has 6 atom stereocenters. The molecule has 1 unspecified atom stereocenters. The smallest absolute Gasteiger partial charge is 0.0229 e. The molecule has 0 saturated heterocycles. The van der Waals surface area contributed by atoms with Gasteiger partial charge in [0.05, 0.1) is 0 Å². The number of hydrogen-bond donors (Lipinski definition) is 0. The van der Waals surface area contributed by atoms with Gasteiger partial charge in [0.25, 0.3) is 0 Å². The molecule has 0 nitrogen and oxygen atoms in total. The van der Waals surface area contributed by atoms with Crippen LogP contribution in [0.25, 0.3) is 0 Å². The van der Waals surface area contributed by atoms with Crippen molar-refractivity contribution >= 4 is 0 Å². The Morgan fingerprint density at radius 3 is 2.68 bits per heavy atom. The third-order valence-electron chi connectivity index (χ3n) is 7.99. The van der Waals surface area contributed by atoms with E-state index >= 15 is 0 Å². The van der Waals surface area contributed by atoms with Crippen molar-refractivity contribution in [1.82, 2.24) is 0 Å². The van der Waals surface area contributed by atoms with Gasteiger partial charge < -0.3 is 0 Å². The van der Waals surface area contributed by atoms with Crippen LogP contribution in [-0.2, 0) is 0 Å². The molecule has 0 radical (unpaired) electrons. The Hall–Kier alpha value is -0.260. The quantitative estimate of drug-likeness (QED) is 0.497. The second-order valence-electron chi connectivity index (χ2n) is 8.65. The highest BCUT2D eigenvalue weighted by Crippen LogP contribution is 2.65. The van der Waals surface area contributed by atoms with Gasteiger partial charge in [-0.15, -0.1) is 0 Å². The van der Waals surface area contributed by atoms with Crippen LogP contribution in [-0.4, -0.2) is 0 Å². The van der Waals surface area contributed by atoms with Gasteiger partial charge in [0.15, 0.2) is 0 Å². The molecule has 0 bridgehead atoms. The first kappa shape index (κ1) is 12.5. The number of rotatable bonds is 0. The molecule has 4 aliphatic rings. The molecule has 4 rings (SSSR count). The van der Waals surface area contributed by atoms with E-state index in [1.54, 1.807) is 19.3 Å². The largest absolute Gasteiger partial charge is 0.0882 e. The molecule has 3 fully saturated rings. The third kappa shape index (κ3) is 1.64. The van der Waals surface area contributed by atoms with Gasteiger partial charge >= 0.3 is 0 Å². The first-order valence-corrected chi connectivity index (χ1v) is 8.78. The Kier molecular flexibility index (Phi) is 2.71. The van der Waals surface area contributed by atoms with E-state index in [2.05, 4.69) is 26.0 Å². The topological polar surface area (TPSA) is 0 Å². The lowest BCUT2D eigenvalue weighted by Gasteiger charge is -2.59. The Labute approximate surface area is 119 Å². The molecule has 19 heavy (non-hydrogen) atoms. The summed E-state index contributed by atoms with van der Waals surface area (Å²) in [6.45, 7) is 5.27. The van der Waals surface area contributed by atoms with E-state index in [4.69, 9.17) is 0 Å². The monoisotopic (exact) mass is 258 g/mol. The molecule has 0 N–H and O–H groups in total. The Morgan fingerprint density at radius 1 is 0.895 bits per heavy atom. The first-order chi connectivity index (χ1) is 9.13. The molecule has 0 aliphatic heterocycles. The summed E-state index contributed by atoms with van der Waals surface area (Å²) in [6, 6.07) is 0. The molecule has 3 saturated carbocycles. The van der Waals surface area contributed by atoms with Crippen molar-refractivity contribution in [3.05, 3.63) is 12.2 Å². The van der Waals surface area contributed by atoms with Crippen LogP contribution in [0.1, 0.15) is 71.6 Å². The van der Waals surface area contributed by atoms with Gasteiger partial charge in [0.1, 0.15) is 0 Å². The van der Waals surface area contributed by atoms with Gasteiger partial charge in [-0.3, -0.25) is 0 Å². The van der Waals surface area contributed by atoms with Crippen LogP contribution in [0.3, 0.4) is 0 Å². The maximum absolute atomic E-state index is 2.65. The fourth-order valence-corrected chi connectivity index (χ4v) is 6.83. The Morgan fingerprint density at radius 2 is 1.79 bits per heavy atom. The van der Waals surface area contributed by atoms with E-state index in [0.29, 0.717) is 5.41 Å².